The molecular formula is C7H15ClSi. The SMILES string of the molecule is C[Si]CCCCCCCl. The lowest BCUT2D eigenvalue weighted by Gasteiger charge is -1.95. The van der Waals surface area contributed by atoms with Gasteiger partial charge >= 0.3 is 0 Å². The largest absolute Gasteiger partial charge is 0.127 e. The molecule has 0 rings (SSSR count). The highest BCUT2D eigenvalue weighted by atomic mass is 35.5. The molecule has 0 fully saturated rings. The summed E-state index contributed by atoms with van der Waals surface area (Å²) in [7, 11) is 1.14. The van der Waals surface area contributed by atoms with Crippen LogP contribution in [-0.2, 0) is 0 Å². The highest BCUT2D eigenvalue weighted by Crippen LogP contribution is 2.03. The molecule has 54 valence electrons. The van der Waals surface area contributed by atoms with Crippen LogP contribution in [0.5, 0.6) is 0 Å². The van der Waals surface area contributed by atoms with E-state index >= 15 is 0 Å². The van der Waals surface area contributed by atoms with Crippen LogP contribution in [0.2, 0.25) is 12.6 Å². The van der Waals surface area contributed by atoms with Gasteiger partial charge in [0.1, 0.15) is 0 Å². The highest BCUT2D eigenvalue weighted by molar-refractivity contribution is 6.33. The van der Waals surface area contributed by atoms with Gasteiger partial charge < -0.3 is 0 Å². The van der Waals surface area contributed by atoms with Crippen molar-refractivity contribution >= 4 is 21.1 Å². The summed E-state index contributed by atoms with van der Waals surface area (Å²) in [5.74, 6) is 0.842. The third-order valence-corrected chi connectivity index (χ3v) is 2.43. The number of hydrogen-bond donors (Lipinski definition) is 0. The zero-order valence-corrected chi connectivity index (χ0v) is 7.88. The summed E-state index contributed by atoms with van der Waals surface area (Å²) in [6, 6.07) is 1.42. The molecule has 0 atom stereocenters. The van der Waals surface area contributed by atoms with Gasteiger partial charge in [0.05, 0.1) is 0 Å². The van der Waals surface area contributed by atoms with Gasteiger partial charge in [-0.2, -0.15) is 0 Å². The van der Waals surface area contributed by atoms with Gasteiger partial charge in [0.25, 0.3) is 0 Å². The lowest BCUT2D eigenvalue weighted by molar-refractivity contribution is 0.703. The molecule has 0 aromatic carbocycles. The van der Waals surface area contributed by atoms with Gasteiger partial charge in [0, 0.05) is 15.4 Å². The number of hydrogen-bond acceptors (Lipinski definition) is 0. The fourth-order valence-corrected chi connectivity index (χ4v) is 1.54. The molecule has 0 aliphatic rings. The van der Waals surface area contributed by atoms with Crippen LogP contribution >= 0.6 is 11.6 Å². The lowest BCUT2D eigenvalue weighted by atomic mass is 10.2. The minimum atomic E-state index is 0.842. The molecule has 0 heterocycles. The summed E-state index contributed by atoms with van der Waals surface area (Å²) in [6.07, 6.45) is 5.32. The molecular weight excluding hydrogens is 148 g/mol. The second-order valence-corrected chi connectivity index (χ2v) is 3.79. The minimum Gasteiger partial charge on any atom is -0.127 e. The molecule has 0 saturated carbocycles. The molecule has 0 nitrogen and oxygen atoms in total. The summed E-state index contributed by atoms with van der Waals surface area (Å²) in [6.45, 7) is 2.27. The van der Waals surface area contributed by atoms with Gasteiger partial charge in [-0.3, -0.25) is 0 Å². The second-order valence-electron chi connectivity index (χ2n) is 2.21. The van der Waals surface area contributed by atoms with E-state index in [4.69, 9.17) is 11.6 Å². The smallest absolute Gasteiger partial charge is 0.0342 e. The average Bonchev–Trinajstić information content (AvgIpc) is 1.89. The monoisotopic (exact) mass is 162 g/mol. The fraction of sp³-hybridized carbons (Fsp3) is 1.00. The van der Waals surface area contributed by atoms with E-state index in [0.29, 0.717) is 0 Å². The summed E-state index contributed by atoms with van der Waals surface area (Å²) < 4.78 is 0. The first-order valence-corrected chi connectivity index (χ1v) is 5.86. The van der Waals surface area contributed by atoms with Gasteiger partial charge in [0.2, 0.25) is 0 Å². The molecule has 0 saturated heterocycles. The Morgan fingerprint density at radius 3 is 2.33 bits per heavy atom. The third-order valence-electron chi connectivity index (χ3n) is 1.31. The van der Waals surface area contributed by atoms with Crippen LogP contribution in [0.1, 0.15) is 25.7 Å². The van der Waals surface area contributed by atoms with E-state index < -0.39 is 0 Å². The van der Waals surface area contributed by atoms with E-state index in [1.54, 1.807) is 0 Å². The molecule has 2 heteroatoms. The van der Waals surface area contributed by atoms with Crippen LogP contribution in [-0.4, -0.2) is 15.4 Å². The Labute approximate surface area is 65.8 Å². The maximum absolute atomic E-state index is 5.52. The van der Waals surface area contributed by atoms with Crippen LogP contribution in [0.3, 0.4) is 0 Å². The van der Waals surface area contributed by atoms with E-state index in [1.165, 1.54) is 31.7 Å². The second kappa shape index (κ2) is 8.51. The van der Waals surface area contributed by atoms with Crippen LogP contribution < -0.4 is 0 Å². The van der Waals surface area contributed by atoms with Crippen LogP contribution in [0, 0.1) is 0 Å². The van der Waals surface area contributed by atoms with Crippen molar-refractivity contribution in [3.8, 4) is 0 Å². The first kappa shape index (κ1) is 9.51. The van der Waals surface area contributed by atoms with Crippen molar-refractivity contribution in [3.63, 3.8) is 0 Å². The van der Waals surface area contributed by atoms with Crippen LogP contribution in [0.25, 0.3) is 0 Å². The van der Waals surface area contributed by atoms with Crippen molar-refractivity contribution in [1.29, 1.82) is 0 Å². The Kier molecular flexibility index (Phi) is 8.99. The maximum atomic E-state index is 5.52. The minimum absolute atomic E-state index is 0.842. The van der Waals surface area contributed by atoms with E-state index in [-0.39, 0.29) is 0 Å². The number of rotatable bonds is 6. The molecule has 0 aromatic rings. The van der Waals surface area contributed by atoms with Gasteiger partial charge in [0.15, 0.2) is 0 Å². The van der Waals surface area contributed by atoms with E-state index in [1.807, 2.05) is 0 Å². The fourth-order valence-electron chi connectivity index (χ4n) is 0.750. The molecule has 2 radical (unpaired) electrons. The first-order chi connectivity index (χ1) is 4.41. The molecule has 0 spiro atoms. The standard InChI is InChI=1S/C7H15ClSi/c1-9-7-5-3-2-4-6-8/h2-7H2,1H3. The zero-order valence-electron chi connectivity index (χ0n) is 6.12. The van der Waals surface area contributed by atoms with Crippen LogP contribution in [0.4, 0.5) is 0 Å². The van der Waals surface area contributed by atoms with Crippen molar-refractivity contribution in [2.75, 3.05) is 5.88 Å². The van der Waals surface area contributed by atoms with Crippen molar-refractivity contribution in [3.05, 3.63) is 0 Å². The quantitative estimate of drug-likeness (QED) is 0.320. The lowest BCUT2D eigenvalue weighted by Crippen LogP contribution is -1.82. The van der Waals surface area contributed by atoms with Crippen LogP contribution in [0.15, 0.2) is 0 Å². The van der Waals surface area contributed by atoms with Gasteiger partial charge in [-0.15, -0.1) is 11.6 Å². The molecule has 0 unspecified atom stereocenters. The third kappa shape index (κ3) is 8.51. The summed E-state index contributed by atoms with van der Waals surface area (Å²) in [5, 5.41) is 0. The van der Waals surface area contributed by atoms with E-state index in [2.05, 4.69) is 6.55 Å². The van der Waals surface area contributed by atoms with Crippen molar-refractivity contribution < 1.29 is 0 Å². The Bertz CT molecular complexity index is 42.2. The van der Waals surface area contributed by atoms with Crippen molar-refractivity contribution in [2.45, 2.75) is 38.3 Å². The molecule has 0 aliphatic carbocycles. The molecule has 9 heavy (non-hydrogen) atoms. The molecule has 0 amide bonds. The molecule has 0 bridgehead atoms. The number of alkyl halides is 1. The highest BCUT2D eigenvalue weighted by Gasteiger charge is 1.86. The van der Waals surface area contributed by atoms with E-state index in [9.17, 15) is 0 Å². The average molecular weight is 163 g/mol. The first-order valence-electron chi connectivity index (χ1n) is 3.62. The predicted octanol–water partition coefficient (Wildman–Crippen LogP) is 2.96. The number of unbranched alkanes of at least 4 members (excludes halogenated alkanes) is 3. The summed E-state index contributed by atoms with van der Waals surface area (Å²) >= 11 is 5.52. The van der Waals surface area contributed by atoms with Gasteiger partial charge in [-0.05, 0) is 6.42 Å². The Morgan fingerprint density at radius 2 is 1.78 bits per heavy atom. The Morgan fingerprint density at radius 1 is 1.11 bits per heavy atom. The number of halogens is 1. The topological polar surface area (TPSA) is 0 Å². The summed E-state index contributed by atoms with van der Waals surface area (Å²) in [4.78, 5) is 0. The Balaban J connectivity index is 2.60. The van der Waals surface area contributed by atoms with Crippen molar-refractivity contribution in [2.24, 2.45) is 0 Å². The Hall–Kier alpha value is 0.507. The zero-order chi connectivity index (χ0) is 6.95. The molecule has 0 aromatic heterocycles. The molecule has 0 N–H and O–H groups in total. The predicted molar refractivity (Wildman–Crippen MR) is 45.6 cm³/mol. The van der Waals surface area contributed by atoms with Gasteiger partial charge in [-0.25, -0.2) is 0 Å². The normalized spacial score (nSPS) is 10.0. The maximum Gasteiger partial charge on any atom is 0.0342 e. The van der Waals surface area contributed by atoms with Gasteiger partial charge in [-0.1, -0.05) is 31.9 Å². The van der Waals surface area contributed by atoms with Crippen molar-refractivity contribution in [1.82, 2.24) is 0 Å². The van der Waals surface area contributed by atoms with E-state index in [0.717, 1.165) is 15.4 Å². The molecule has 0 aliphatic heterocycles. The summed E-state index contributed by atoms with van der Waals surface area (Å²) in [5.41, 5.74) is 0.